The van der Waals surface area contributed by atoms with E-state index in [1.807, 2.05) is 0 Å². The Balaban J connectivity index is 3.03. The highest BCUT2D eigenvalue weighted by atomic mass is 16.3. The molecule has 2 N–H and O–H groups in total. The first-order chi connectivity index (χ1) is 12.2. The Morgan fingerprint density at radius 3 is 1.20 bits per heavy atom. The molecule has 152 valence electrons. The number of unbranched alkanes of at least 4 members (excludes halogenated alkanes) is 14. The van der Waals surface area contributed by atoms with Crippen LogP contribution >= 0.6 is 0 Å². The molecule has 0 bridgehead atoms. The molecule has 2 nitrogen and oxygen atoms in total. The number of hydrogen-bond acceptors (Lipinski definition) is 2. The second-order valence-corrected chi connectivity index (χ2v) is 8.23. The Kier molecular flexibility index (Phi) is 20.2. The monoisotopic (exact) mass is 356 g/mol. The third-order valence-corrected chi connectivity index (χ3v) is 5.64. The van der Waals surface area contributed by atoms with E-state index in [1.54, 1.807) is 0 Å². The summed E-state index contributed by atoms with van der Waals surface area (Å²) in [4.78, 5) is 0. The van der Waals surface area contributed by atoms with Gasteiger partial charge < -0.3 is 10.2 Å². The van der Waals surface area contributed by atoms with Crippen molar-refractivity contribution in [2.45, 2.75) is 136 Å². The average molecular weight is 357 g/mol. The third kappa shape index (κ3) is 20.1. The lowest BCUT2D eigenvalue weighted by Gasteiger charge is -2.07. The summed E-state index contributed by atoms with van der Waals surface area (Å²) in [7, 11) is 0. The molecule has 0 aromatic carbocycles. The standard InChI is InChI=1S/C23H48O2/c1-3-22(2)19-17-15-13-11-9-7-5-4-6-8-10-12-14-16-18-20-23(25)21-24/h22-25H,3-21H2,1-2H3/t22-,23-/m0/s1. The SMILES string of the molecule is CC[C@H](C)CCCCCCCCCCCCCCCCC[C@H](O)CO. The predicted octanol–water partition coefficient (Wildman–Crippen LogP) is 7.02. The van der Waals surface area contributed by atoms with Gasteiger partial charge in [0.15, 0.2) is 0 Å². The summed E-state index contributed by atoms with van der Waals surface area (Å²) in [5.41, 5.74) is 0. The van der Waals surface area contributed by atoms with E-state index in [0.29, 0.717) is 0 Å². The van der Waals surface area contributed by atoms with Crippen molar-refractivity contribution in [2.24, 2.45) is 5.92 Å². The first-order valence-electron chi connectivity index (χ1n) is 11.5. The van der Waals surface area contributed by atoms with Gasteiger partial charge in [0.1, 0.15) is 0 Å². The van der Waals surface area contributed by atoms with Crippen LogP contribution in [-0.2, 0) is 0 Å². The minimum Gasteiger partial charge on any atom is -0.394 e. The molecule has 0 spiro atoms. The lowest BCUT2D eigenvalue weighted by atomic mass is 9.99. The Labute approximate surface area is 158 Å². The minimum absolute atomic E-state index is 0.0851. The van der Waals surface area contributed by atoms with Crippen LogP contribution in [0.2, 0.25) is 0 Å². The fraction of sp³-hybridized carbons (Fsp3) is 1.00. The van der Waals surface area contributed by atoms with Gasteiger partial charge in [0.05, 0.1) is 12.7 Å². The van der Waals surface area contributed by atoms with E-state index >= 15 is 0 Å². The Morgan fingerprint density at radius 2 is 0.880 bits per heavy atom. The molecular weight excluding hydrogens is 308 g/mol. The van der Waals surface area contributed by atoms with Crippen molar-refractivity contribution in [1.82, 2.24) is 0 Å². The molecule has 0 aliphatic rings. The first-order valence-corrected chi connectivity index (χ1v) is 11.5. The van der Waals surface area contributed by atoms with Crippen molar-refractivity contribution in [2.75, 3.05) is 6.61 Å². The van der Waals surface area contributed by atoms with Gasteiger partial charge in [0.25, 0.3) is 0 Å². The molecule has 0 aromatic heterocycles. The molecule has 2 atom stereocenters. The van der Waals surface area contributed by atoms with E-state index in [1.165, 1.54) is 103 Å². The van der Waals surface area contributed by atoms with Crippen LogP contribution in [0.15, 0.2) is 0 Å². The number of hydrogen-bond donors (Lipinski definition) is 2. The lowest BCUT2D eigenvalue weighted by Crippen LogP contribution is -2.10. The molecule has 0 aliphatic heterocycles. The molecule has 2 heteroatoms. The largest absolute Gasteiger partial charge is 0.394 e. The minimum atomic E-state index is -0.496. The van der Waals surface area contributed by atoms with Crippen LogP contribution in [-0.4, -0.2) is 22.9 Å². The van der Waals surface area contributed by atoms with Gasteiger partial charge in [-0.05, 0) is 12.3 Å². The van der Waals surface area contributed by atoms with E-state index in [2.05, 4.69) is 13.8 Å². The van der Waals surface area contributed by atoms with E-state index < -0.39 is 6.10 Å². The van der Waals surface area contributed by atoms with Crippen molar-refractivity contribution in [3.8, 4) is 0 Å². The van der Waals surface area contributed by atoms with E-state index in [4.69, 9.17) is 5.11 Å². The molecule has 0 saturated heterocycles. The normalized spacial score (nSPS) is 13.9. The molecule has 0 amide bonds. The summed E-state index contributed by atoms with van der Waals surface area (Å²) in [5, 5.41) is 18.0. The van der Waals surface area contributed by atoms with Crippen molar-refractivity contribution in [3.05, 3.63) is 0 Å². The zero-order valence-electron chi connectivity index (χ0n) is 17.5. The first kappa shape index (κ1) is 24.9. The van der Waals surface area contributed by atoms with Gasteiger partial charge >= 0.3 is 0 Å². The highest BCUT2D eigenvalue weighted by Crippen LogP contribution is 2.16. The van der Waals surface area contributed by atoms with Gasteiger partial charge in [0.2, 0.25) is 0 Å². The molecule has 0 radical (unpaired) electrons. The molecule has 0 fully saturated rings. The smallest absolute Gasteiger partial charge is 0.0770 e. The van der Waals surface area contributed by atoms with Crippen LogP contribution in [0, 0.1) is 5.92 Å². The number of rotatable bonds is 20. The molecule has 0 aliphatic carbocycles. The quantitative estimate of drug-likeness (QED) is 0.230. The summed E-state index contributed by atoms with van der Waals surface area (Å²) in [6.45, 7) is 4.60. The molecule has 0 unspecified atom stereocenters. The number of aliphatic hydroxyl groups excluding tert-OH is 2. The second-order valence-electron chi connectivity index (χ2n) is 8.23. The fourth-order valence-electron chi connectivity index (χ4n) is 3.47. The maximum atomic E-state index is 9.25. The summed E-state index contributed by atoms with van der Waals surface area (Å²) in [6, 6.07) is 0. The number of aliphatic hydroxyl groups is 2. The molecule has 0 rings (SSSR count). The van der Waals surface area contributed by atoms with Crippen LogP contribution < -0.4 is 0 Å². The zero-order valence-corrected chi connectivity index (χ0v) is 17.5. The highest BCUT2D eigenvalue weighted by Gasteiger charge is 2.01. The summed E-state index contributed by atoms with van der Waals surface area (Å²) < 4.78 is 0. The summed E-state index contributed by atoms with van der Waals surface area (Å²) >= 11 is 0. The van der Waals surface area contributed by atoms with Gasteiger partial charge in [-0.3, -0.25) is 0 Å². The van der Waals surface area contributed by atoms with Crippen LogP contribution in [0.25, 0.3) is 0 Å². The van der Waals surface area contributed by atoms with Crippen LogP contribution in [0.1, 0.15) is 129 Å². The van der Waals surface area contributed by atoms with Crippen molar-refractivity contribution in [3.63, 3.8) is 0 Å². The lowest BCUT2D eigenvalue weighted by molar-refractivity contribution is 0.0860. The zero-order chi connectivity index (χ0) is 18.6. The van der Waals surface area contributed by atoms with Gasteiger partial charge in [-0.25, -0.2) is 0 Å². The highest BCUT2D eigenvalue weighted by molar-refractivity contribution is 4.54. The molecule has 0 aromatic rings. The molecule has 25 heavy (non-hydrogen) atoms. The molecular formula is C23H48O2. The van der Waals surface area contributed by atoms with Crippen molar-refractivity contribution < 1.29 is 10.2 Å². The second kappa shape index (κ2) is 20.2. The Hall–Kier alpha value is -0.0800. The van der Waals surface area contributed by atoms with E-state index in [0.717, 1.165) is 18.8 Å². The maximum absolute atomic E-state index is 9.25. The van der Waals surface area contributed by atoms with Crippen molar-refractivity contribution >= 4 is 0 Å². The van der Waals surface area contributed by atoms with E-state index in [9.17, 15) is 5.11 Å². The van der Waals surface area contributed by atoms with Crippen LogP contribution in [0.5, 0.6) is 0 Å². The van der Waals surface area contributed by atoms with Crippen LogP contribution in [0.4, 0.5) is 0 Å². The average Bonchev–Trinajstić information content (AvgIpc) is 2.63. The molecule has 0 heterocycles. The van der Waals surface area contributed by atoms with Gasteiger partial charge in [-0.15, -0.1) is 0 Å². The summed E-state index contributed by atoms with van der Waals surface area (Å²) in [6.07, 6.45) is 23.6. The maximum Gasteiger partial charge on any atom is 0.0770 e. The van der Waals surface area contributed by atoms with Gasteiger partial charge in [-0.1, -0.05) is 123 Å². The Morgan fingerprint density at radius 1 is 0.560 bits per heavy atom. The van der Waals surface area contributed by atoms with E-state index in [-0.39, 0.29) is 6.61 Å². The summed E-state index contributed by atoms with van der Waals surface area (Å²) in [5.74, 6) is 0.930. The van der Waals surface area contributed by atoms with Gasteiger partial charge in [-0.2, -0.15) is 0 Å². The van der Waals surface area contributed by atoms with Crippen molar-refractivity contribution in [1.29, 1.82) is 0 Å². The fourth-order valence-corrected chi connectivity index (χ4v) is 3.47. The predicted molar refractivity (Wildman–Crippen MR) is 111 cm³/mol. The molecule has 0 saturated carbocycles. The van der Waals surface area contributed by atoms with Crippen LogP contribution in [0.3, 0.4) is 0 Å². The Bertz CT molecular complexity index is 218. The van der Waals surface area contributed by atoms with Gasteiger partial charge in [0, 0.05) is 0 Å². The third-order valence-electron chi connectivity index (χ3n) is 5.64. The topological polar surface area (TPSA) is 40.5 Å².